The van der Waals surface area contributed by atoms with Crippen LogP contribution in [0.3, 0.4) is 0 Å². The number of fused-ring (bicyclic) bond motifs is 2. The van der Waals surface area contributed by atoms with Gasteiger partial charge in [0.1, 0.15) is 11.6 Å². The average Bonchev–Trinajstić information content (AvgIpc) is 3.18. The number of amides is 3. The number of aliphatic hydroxyl groups is 1. The second-order valence-corrected chi connectivity index (χ2v) is 7.67. The third-order valence-electron chi connectivity index (χ3n) is 5.67. The number of likely N-dealkylation sites (N-methyl/N-ethyl adjacent to an activating group) is 1. The van der Waals surface area contributed by atoms with Crippen LogP contribution in [0.15, 0.2) is 12.2 Å². The number of esters is 1. The lowest BCUT2D eigenvalue weighted by atomic mass is 10.1. The highest BCUT2D eigenvalue weighted by Gasteiger charge is 2.62. The maximum atomic E-state index is 12.9. The second kappa shape index (κ2) is 7.88. The molecule has 8 heteroatoms. The molecule has 27 heavy (non-hydrogen) atoms. The van der Waals surface area contributed by atoms with Gasteiger partial charge >= 0.3 is 12.0 Å². The summed E-state index contributed by atoms with van der Waals surface area (Å²) in [6.45, 7) is 2.66. The van der Waals surface area contributed by atoms with Crippen molar-refractivity contribution >= 4 is 17.9 Å². The van der Waals surface area contributed by atoms with Crippen molar-refractivity contribution in [3.05, 3.63) is 12.2 Å². The molecule has 1 saturated carbocycles. The van der Waals surface area contributed by atoms with Crippen molar-refractivity contribution in [2.45, 2.75) is 56.7 Å². The number of nitrogens with one attached hydrogen (secondary N) is 1. The van der Waals surface area contributed by atoms with E-state index in [1.807, 2.05) is 12.2 Å². The first kappa shape index (κ1) is 19.7. The van der Waals surface area contributed by atoms with E-state index in [1.54, 1.807) is 18.9 Å². The molecule has 150 valence electrons. The lowest BCUT2D eigenvalue weighted by molar-refractivity contribution is -0.147. The minimum Gasteiger partial charge on any atom is -0.464 e. The Morgan fingerprint density at radius 1 is 1.41 bits per heavy atom. The van der Waals surface area contributed by atoms with Gasteiger partial charge in [-0.3, -0.25) is 4.79 Å². The van der Waals surface area contributed by atoms with E-state index in [0.29, 0.717) is 13.0 Å². The third kappa shape index (κ3) is 3.95. The number of ether oxygens (including phenoxy) is 1. The Balaban J connectivity index is 1.85. The predicted octanol–water partition coefficient (Wildman–Crippen LogP) is 0.652. The lowest BCUT2D eigenvalue weighted by Gasteiger charge is -2.29. The Bertz CT molecular complexity index is 637. The highest BCUT2D eigenvalue weighted by atomic mass is 16.5. The topological polar surface area (TPSA) is 99.2 Å². The molecule has 3 aliphatic rings. The number of allylic oxidation sites excluding steroid dienone is 1. The van der Waals surface area contributed by atoms with Crippen LogP contribution in [0.25, 0.3) is 0 Å². The maximum Gasteiger partial charge on any atom is 0.332 e. The lowest BCUT2D eigenvalue weighted by Crippen LogP contribution is -2.55. The second-order valence-electron chi connectivity index (χ2n) is 7.67. The standard InChI is InChI=1S/C19H29N3O5/c1-3-27-17(25)19-11-13(19)8-6-4-5-7-9-21(2)16(24)15-10-14(23)12-22(15)18(26)20-19/h6,8,13-15,23H,3-5,7,9-12H2,1-2H3,(H,20,26)/b8-6-/t13-,14-,15+,19-/m1/s1. The van der Waals surface area contributed by atoms with Gasteiger partial charge in [-0.1, -0.05) is 12.2 Å². The Kier molecular flexibility index (Phi) is 5.74. The Labute approximate surface area is 159 Å². The highest BCUT2D eigenvalue weighted by molar-refractivity contribution is 5.93. The first-order valence-corrected chi connectivity index (χ1v) is 9.74. The molecule has 0 unspecified atom stereocenters. The van der Waals surface area contributed by atoms with E-state index in [0.717, 1.165) is 19.3 Å². The van der Waals surface area contributed by atoms with Crippen molar-refractivity contribution in [2.24, 2.45) is 5.92 Å². The van der Waals surface area contributed by atoms with Crippen LogP contribution >= 0.6 is 0 Å². The summed E-state index contributed by atoms with van der Waals surface area (Å²) >= 11 is 0. The van der Waals surface area contributed by atoms with Gasteiger partial charge in [-0.25, -0.2) is 9.59 Å². The molecule has 0 radical (unpaired) electrons. The van der Waals surface area contributed by atoms with Crippen LogP contribution in [0.2, 0.25) is 0 Å². The predicted molar refractivity (Wildman–Crippen MR) is 97.7 cm³/mol. The van der Waals surface area contributed by atoms with Gasteiger partial charge in [0.05, 0.1) is 12.7 Å². The van der Waals surface area contributed by atoms with Crippen molar-refractivity contribution in [1.29, 1.82) is 0 Å². The number of nitrogens with zero attached hydrogens (tertiary/aromatic N) is 2. The van der Waals surface area contributed by atoms with Crippen LogP contribution in [0, 0.1) is 5.92 Å². The van der Waals surface area contributed by atoms with Crippen LogP contribution in [-0.4, -0.2) is 77.2 Å². The van der Waals surface area contributed by atoms with E-state index >= 15 is 0 Å². The molecule has 8 nitrogen and oxygen atoms in total. The zero-order valence-corrected chi connectivity index (χ0v) is 16.0. The fourth-order valence-electron chi connectivity index (χ4n) is 3.98. The van der Waals surface area contributed by atoms with Gasteiger partial charge in [0.15, 0.2) is 0 Å². The molecular formula is C19H29N3O5. The fraction of sp³-hybridized carbons (Fsp3) is 0.737. The van der Waals surface area contributed by atoms with E-state index in [-0.39, 0.29) is 31.4 Å². The number of aliphatic hydroxyl groups excluding tert-OH is 1. The normalized spacial score (nSPS) is 35.6. The summed E-state index contributed by atoms with van der Waals surface area (Å²) in [7, 11) is 1.72. The Morgan fingerprint density at radius 3 is 2.93 bits per heavy atom. The minimum atomic E-state index is -1.07. The zero-order chi connectivity index (χ0) is 19.6. The molecule has 3 rings (SSSR count). The molecule has 1 saturated heterocycles. The fourth-order valence-corrected chi connectivity index (χ4v) is 3.98. The van der Waals surface area contributed by atoms with Crippen LogP contribution < -0.4 is 5.32 Å². The van der Waals surface area contributed by atoms with E-state index in [9.17, 15) is 19.5 Å². The third-order valence-corrected chi connectivity index (χ3v) is 5.67. The van der Waals surface area contributed by atoms with E-state index in [2.05, 4.69) is 5.32 Å². The summed E-state index contributed by atoms with van der Waals surface area (Å²) in [5.74, 6) is -0.723. The van der Waals surface area contributed by atoms with Crippen LogP contribution in [0.1, 0.15) is 39.0 Å². The van der Waals surface area contributed by atoms with Gasteiger partial charge in [0.2, 0.25) is 5.91 Å². The number of carbonyl (C=O) groups is 3. The quantitative estimate of drug-likeness (QED) is 0.542. The first-order valence-electron chi connectivity index (χ1n) is 9.74. The van der Waals surface area contributed by atoms with Crippen molar-refractivity contribution in [1.82, 2.24) is 15.1 Å². The number of hydrogen-bond acceptors (Lipinski definition) is 5. The molecule has 2 fully saturated rings. The molecule has 2 aliphatic heterocycles. The van der Waals surface area contributed by atoms with Crippen molar-refractivity contribution in [3.63, 3.8) is 0 Å². The Hall–Kier alpha value is -2.09. The molecule has 1 aliphatic carbocycles. The van der Waals surface area contributed by atoms with Crippen molar-refractivity contribution in [2.75, 3.05) is 26.7 Å². The van der Waals surface area contributed by atoms with E-state index in [1.165, 1.54) is 4.90 Å². The van der Waals surface area contributed by atoms with Gasteiger partial charge in [0.25, 0.3) is 0 Å². The van der Waals surface area contributed by atoms with E-state index in [4.69, 9.17) is 4.74 Å². The smallest absolute Gasteiger partial charge is 0.332 e. The molecular weight excluding hydrogens is 350 g/mol. The van der Waals surface area contributed by atoms with Crippen LogP contribution in [0.5, 0.6) is 0 Å². The molecule has 0 spiro atoms. The summed E-state index contributed by atoms with van der Waals surface area (Å²) in [4.78, 5) is 41.2. The monoisotopic (exact) mass is 379 g/mol. The van der Waals surface area contributed by atoms with E-state index < -0.39 is 29.7 Å². The Morgan fingerprint density at radius 2 is 2.19 bits per heavy atom. The molecule has 2 N–H and O–H groups in total. The highest BCUT2D eigenvalue weighted by Crippen LogP contribution is 2.46. The molecule has 0 aromatic carbocycles. The number of carbonyl (C=O) groups excluding carboxylic acids is 3. The number of hydrogen-bond donors (Lipinski definition) is 2. The zero-order valence-electron chi connectivity index (χ0n) is 16.0. The first-order chi connectivity index (χ1) is 12.9. The SMILES string of the molecule is CCOC(=O)[C@@]12C[C@H]1/C=C\CCCCN(C)C(=O)[C@@H]1C[C@@H](O)CN1C(=O)N2. The number of rotatable bonds is 2. The van der Waals surface area contributed by atoms with Crippen LogP contribution in [-0.2, 0) is 14.3 Å². The number of urea groups is 1. The van der Waals surface area contributed by atoms with Gasteiger partial charge < -0.3 is 25.0 Å². The van der Waals surface area contributed by atoms with Gasteiger partial charge in [-0.15, -0.1) is 0 Å². The van der Waals surface area contributed by atoms with Gasteiger partial charge in [0, 0.05) is 32.5 Å². The summed E-state index contributed by atoms with van der Waals surface area (Å²) in [6, 6.07) is -1.21. The molecule has 2 heterocycles. The van der Waals surface area contributed by atoms with Crippen LogP contribution in [0.4, 0.5) is 4.79 Å². The molecule has 0 aromatic rings. The largest absolute Gasteiger partial charge is 0.464 e. The summed E-state index contributed by atoms with van der Waals surface area (Å²) in [5.41, 5.74) is -1.07. The minimum absolute atomic E-state index is 0.0789. The van der Waals surface area contributed by atoms with Crippen molar-refractivity contribution < 1.29 is 24.2 Å². The summed E-state index contributed by atoms with van der Waals surface area (Å²) < 4.78 is 5.18. The molecule has 0 bridgehead atoms. The average molecular weight is 379 g/mol. The molecule has 3 amide bonds. The molecule has 4 atom stereocenters. The summed E-state index contributed by atoms with van der Waals surface area (Å²) in [5, 5.41) is 12.9. The van der Waals surface area contributed by atoms with Gasteiger partial charge in [-0.05, 0) is 32.6 Å². The molecule has 0 aromatic heterocycles. The maximum absolute atomic E-state index is 12.9. The summed E-state index contributed by atoms with van der Waals surface area (Å²) in [6.07, 6.45) is 6.64. The van der Waals surface area contributed by atoms with Crippen molar-refractivity contribution in [3.8, 4) is 0 Å². The van der Waals surface area contributed by atoms with Gasteiger partial charge in [-0.2, -0.15) is 0 Å².